The Kier molecular flexibility index (Phi) is 3.56. The molecule has 1 aromatic rings. The average molecular weight is 341 g/mol. The number of nitro benzene ring substituents is 1. The minimum absolute atomic E-state index is 0.137. The van der Waals surface area contributed by atoms with Crippen LogP contribution >= 0.6 is 15.9 Å². The van der Waals surface area contributed by atoms with Gasteiger partial charge in [-0.3, -0.25) is 10.1 Å². The number of rotatable bonds is 4. The van der Waals surface area contributed by atoms with Gasteiger partial charge in [-0.2, -0.15) is 0 Å². The second-order valence-corrected chi connectivity index (χ2v) is 6.72. The molecule has 2 saturated heterocycles. The van der Waals surface area contributed by atoms with Crippen LogP contribution in [0.25, 0.3) is 0 Å². The van der Waals surface area contributed by atoms with Crippen LogP contribution in [0, 0.1) is 15.5 Å². The van der Waals surface area contributed by atoms with Crippen molar-refractivity contribution in [2.75, 3.05) is 6.54 Å². The molecule has 0 amide bonds. The van der Waals surface area contributed by atoms with E-state index in [9.17, 15) is 10.1 Å². The number of hydrogen-bond donors (Lipinski definition) is 1. The Hall–Kier alpha value is -0.980. The third-order valence-corrected chi connectivity index (χ3v) is 5.11. The lowest BCUT2D eigenvalue weighted by Gasteiger charge is -2.34. The highest BCUT2D eigenvalue weighted by Gasteiger charge is 2.51. The molecular formula is C14H17BrN2O3. The molecule has 6 heteroatoms. The van der Waals surface area contributed by atoms with Crippen LogP contribution in [0.1, 0.15) is 24.8 Å². The van der Waals surface area contributed by atoms with Crippen LogP contribution in [0.5, 0.6) is 0 Å². The van der Waals surface area contributed by atoms with Gasteiger partial charge < -0.3 is 10.5 Å². The van der Waals surface area contributed by atoms with Gasteiger partial charge in [0.2, 0.25) is 0 Å². The van der Waals surface area contributed by atoms with Crippen LogP contribution in [0.2, 0.25) is 0 Å². The summed E-state index contributed by atoms with van der Waals surface area (Å²) in [5, 5.41) is 11.2. The molecule has 0 aliphatic carbocycles. The van der Waals surface area contributed by atoms with Gasteiger partial charge in [0.05, 0.1) is 17.1 Å². The summed E-state index contributed by atoms with van der Waals surface area (Å²) in [7, 11) is 0. The lowest BCUT2D eigenvalue weighted by Crippen LogP contribution is -2.41. The first-order valence-electron chi connectivity index (χ1n) is 6.82. The van der Waals surface area contributed by atoms with Crippen molar-refractivity contribution in [3.05, 3.63) is 38.3 Å². The molecule has 0 saturated carbocycles. The zero-order valence-corrected chi connectivity index (χ0v) is 12.6. The Bertz CT molecular complexity index is 551. The molecule has 0 aromatic heterocycles. The second-order valence-electron chi connectivity index (χ2n) is 5.80. The van der Waals surface area contributed by atoms with Crippen molar-refractivity contribution < 1.29 is 9.66 Å². The van der Waals surface area contributed by atoms with Gasteiger partial charge in [0.1, 0.15) is 0 Å². The van der Waals surface area contributed by atoms with Gasteiger partial charge in [0.25, 0.3) is 5.69 Å². The van der Waals surface area contributed by atoms with Crippen LogP contribution in [-0.2, 0) is 11.2 Å². The van der Waals surface area contributed by atoms with E-state index in [1.807, 2.05) is 12.1 Å². The van der Waals surface area contributed by atoms with Crippen LogP contribution in [0.15, 0.2) is 22.7 Å². The van der Waals surface area contributed by atoms with E-state index in [-0.39, 0.29) is 28.2 Å². The molecule has 2 fully saturated rings. The van der Waals surface area contributed by atoms with E-state index in [2.05, 4.69) is 15.9 Å². The lowest BCUT2D eigenvalue weighted by molar-refractivity contribution is -0.385. The standard InChI is InChI=1S/C14H17BrN2O3/c15-10-2-1-9(12(5-10)17(18)19)6-14(8-16)7-11-3-4-13(14)20-11/h1-2,5,11,13H,3-4,6-8,16H2. The normalized spacial score (nSPS) is 31.7. The molecular weight excluding hydrogens is 324 g/mol. The summed E-state index contributed by atoms with van der Waals surface area (Å²) in [6, 6.07) is 5.24. The fraction of sp³-hybridized carbons (Fsp3) is 0.571. The number of ether oxygens (including phenoxy) is 1. The summed E-state index contributed by atoms with van der Waals surface area (Å²) in [6.07, 6.45) is 4.09. The molecule has 20 heavy (non-hydrogen) atoms. The van der Waals surface area contributed by atoms with Gasteiger partial charge >= 0.3 is 0 Å². The molecule has 2 aliphatic heterocycles. The first-order chi connectivity index (χ1) is 9.54. The predicted octanol–water partition coefficient (Wildman–Crippen LogP) is 2.80. The monoisotopic (exact) mass is 340 g/mol. The zero-order valence-electron chi connectivity index (χ0n) is 11.0. The minimum Gasteiger partial charge on any atom is -0.374 e. The number of nitrogens with two attached hydrogens (primary N) is 1. The number of benzene rings is 1. The number of hydrogen-bond acceptors (Lipinski definition) is 4. The van der Waals surface area contributed by atoms with Crippen LogP contribution in [0.4, 0.5) is 5.69 Å². The average Bonchev–Trinajstić information content (AvgIpc) is 3.01. The van der Waals surface area contributed by atoms with E-state index in [1.165, 1.54) is 0 Å². The largest absolute Gasteiger partial charge is 0.374 e. The maximum atomic E-state index is 11.2. The second kappa shape index (κ2) is 5.09. The summed E-state index contributed by atoms with van der Waals surface area (Å²) in [5.74, 6) is 0. The van der Waals surface area contributed by atoms with Gasteiger partial charge in [-0.15, -0.1) is 0 Å². The van der Waals surface area contributed by atoms with Crippen LogP contribution in [0.3, 0.4) is 0 Å². The highest BCUT2D eigenvalue weighted by atomic mass is 79.9. The third-order valence-electron chi connectivity index (χ3n) is 4.62. The Morgan fingerprint density at radius 3 is 2.85 bits per heavy atom. The maximum Gasteiger partial charge on any atom is 0.273 e. The fourth-order valence-electron chi connectivity index (χ4n) is 3.60. The molecule has 2 N–H and O–H groups in total. The maximum absolute atomic E-state index is 11.2. The van der Waals surface area contributed by atoms with E-state index in [0.717, 1.165) is 29.3 Å². The van der Waals surface area contributed by atoms with Crippen LogP contribution in [-0.4, -0.2) is 23.7 Å². The van der Waals surface area contributed by atoms with Crippen molar-refractivity contribution in [3.63, 3.8) is 0 Å². The predicted molar refractivity (Wildman–Crippen MR) is 78.5 cm³/mol. The van der Waals surface area contributed by atoms with E-state index in [0.29, 0.717) is 13.0 Å². The van der Waals surface area contributed by atoms with Crippen molar-refractivity contribution >= 4 is 21.6 Å². The van der Waals surface area contributed by atoms with Crippen molar-refractivity contribution in [3.8, 4) is 0 Å². The quantitative estimate of drug-likeness (QED) is 0.675. The molecule has 5 nitrogen and oxygen atoms in total. The van der Waals surface area contributed by atoms with Gasteiger partial charge in [0, 0.05) is 28.1 Å². The zero-order chi connectivity index (χ0) is 14.3. The fourth-order valence-corrected chi connectivity index (χ4v) is 3.95. The molecule has 0 spiro atoms. The molecule has 1 aromatic carbocycles. The van der Waals surface area contributed by atoms with Crippen molar-refractivity contribution in [1.82, 2.24) is 0 Å². The van der Waals surface area contributed by atoms with Gasteiger partial charge in [0.15, 0.2) is 0 Å². The summed E-state index contributed by atoms with van der Waals surface area (Å²) < 4.78 is 6.64. The Balaban J connectivity index is 1.92. The summed E-state index contributed by atoms with van der Waals surface area (Å²) in [5.41, 5.74) is 6.77. The summed E-state index contributed by atoms with van der Waals surface area (Å²) >= 11 is 3.29. The molecule has 3 unspecified atom stereocenters. The molecule has 3 atom stereocenters. The van der Waals surface area contributed by atoms with Crippen LogP contribution < -0.4 is 5.73 Å². The van der Waals surface area contributed by atoms with Gasteiger partial charge in [-0.25, -0.2) is 0 Å². The third kappa shape index (κ3) is 2.25. The number of fused-ring (bicyclic) bond motifs is 2. The molecule has 0 radical (unpaired) electrons. The van der Waals surface area contributed by atoms with E-state index >= 15 is 0 Å². The molecule has 3 rings (SSSR count). The SMILES string of the molecule is NCC1(Cc2ccc(Br)cc2[N+](=O)[O-])CC2CCC1O2. The molecule has 2 bridgehead atoms. The number of halogens is 1. The Morgan fingerprint density at radius 1 is 1.50 bits per heavy atom. The highest BCUT2D eigenvalue weighted by Crippen LogP contribution is 2.49. The van der Waals surface area contributed by atoms with Gasteiger partial charge in [-0.05, 0) is 31.7 Å². The summed E-state index contributed by atoms with van der Waals surface area (Å²) in [6.45, 7) is 0.515. The Labute approximate surface area is 125 Å². The number of nitro groups is 1. The smallest absolute Gasteiger partial charge is 0.273 e. The number of nitrogens with zero attached hydrogens (tertiary/aromatic N) is 1. The lowest BCUT2D eigenvalue weighted by atomic mass is 9.70. The van der Waals surface area contributed by atoms with Crippen molar-refractivity contribution in [2.24, 2.45) is 11.1 Å². The van der Waals surface area contributed by atoms with Gasteiger partial charge in [-0.1, -0.05) is 22.0 Å². The molecule has 2 heterocycles. The summed E-state index contributed by atoms with van der Waals surface area (Å²) in [4.78, 5) is 10.9. The molecule has 2 aliphatic rings. The molecule has 108 valence electrons. The first-order valence-corrected chi connectivity index (χ1v) is 7.62. The first kappa shape index (κ1) is 14.0. The van der Waals surface area contributed by atoms with E-state index in [4.69, 9.17) is 10.5 Å². The topological polar surface area (TPSA) is 78.4 Å². The van der Waals surface area contributed by atoms with Crippen molar-refractivity contribution in [1.29, 1.82) is 0 Å². The highest BCUT2D eigenvalue weighted by molar-refractivity contribution is 9.10. The van der Waals surface area contributed by atoms with E-state index in [1.54, 1.807) is 6.07 Å². The van der Waals surface area contributed by atoms with Crippen molar-refractivity contribution in [2.45, 2.75) is 37.9 Å². The van der Waals surface area contributed by atoms with E-state index < -0.39 is 0 Å². The Morgan fingerprint density at radius 2 is 2.30 bits per heavy atom. The minimum atomic E-state index is -0.321.